The first-order valence-corrected chi connectivity index (χ1v) is 6.79. The number of hydrogen-bond acceptors (Lipinski definition) is 4. The number of nitrogens with zero attached hydrogens (tertiary/aromatic N) is 2. The molecule has 1 fully saturated rings. The lowest BCUT2D eigenvalue weighted by Crippen LogP contribution is -2.25. The molecule has 0 aliphatic carbocycles. The van der Waals surface area contributed by atoms with Gasteiger partial charge in [0, 0.05) is 31.3 Å². The lowest BCUT2D eigenvalue weighted by Gasteiger charge is -2.16. The molecule has 1 atom stereocenters. The second kappa shape index (κ2) is 5.52. The van der Waals surface area contributed by atoms with Crippen LogP contribution in [0.25, 0.3) is 0 Å². The van der Waals surface area contributed by atoms with Crippen molar-refractivity contribution < 1.29 is 9.59 Å². The molecule has 18 heavy (non-hydrogen) atoms. The second-order valence-corrected chi connectivity index (χ2v) is 5.95. The molecule has 1 aliphatic rings. The minimum Gasteiger partial charge on any atom is -0.336 e. The minimum atomic E-state index is 0.0728. The molecular formula is C13H16N2O2S. The topological polar surface area (TPSA) is 50.3 Å². The highest BCUT2D eigenvalue weighted by Crippen LogP contribution is 2.25. The largest absolute Gasteiger partial charge is 0.336 e. The van der Waals surface area contributed by atoms with Crippen LogP contribution in [0.15, 0.2) is 18.3 Å². The Morgan fingerprint density at radius 1 is 1.61 bits per heavy atom. The molecule has 1 amide bonds. The molecule has 0 bridgehead atoms. The van der Waals surface area contributed by atoms with Crippen molar-refractivity contribution in [3.8, 4) is 0 Å². The van der Waals surface area contributed by atoms with E-state index in [2.05, 4.69) is 4.98 Å². The zero-order chi connectivity index (χ0) is 13.1. The van der Waals surface area contributed by atoms with Crippen LogP contribution >= 0.6 is 11.8 Å². The van der Waals surface area contributed by atoms with Crippen molar-refractivity contribution in [3.05, 3.63) is 29.6 Å². The molecule has 1 aromatic heterocycles. The molecule has 1 unspecified atom stereocenters. The number of carbonyl (C=O) groups excluding carboxylic acids is 2. The van der Waals surface area contributed by atoms with E-state index in [9.17, 15) is 9.59 Å². The van der Waals surface area contributed by atoms with E-state index in [4.69, 9.17) is 0 Å². The van der Waals surface area contributed by atoms with Gasteiger partial charge in [0.15, 0.2) is 5.12 Å². The Bertz CT molecular complexity index is 476. The van der Waals surface area contributed by atoms with Gasteiger partial charge >= 0.3 is 0 Å². The summed E-state index contributed by atoms with van der Waals surface area (Å²) >= 11 is 1.26. The van der Waals surface area contributed by atoms with Gasteiger partial charge in [-0.3, -0.25) is 14.6 Å². The first kappa shape index (κ1) is 13.1. The lowest BCUT2D eigenvalue weighted by atomic mass is 10.2. The molecule has 2 heterocycles. The van der Waals surface area contributed by atoms with E-state index in [1.54, 1.807) is 18.0 Å². The third-order valence-electron chi connectivity index (χ3n) is 2.97. The SMILES string of the molecule is CC(=O)SC1CC(=O)N(Cc2ncccc2C)C1. The summed E-state index contributed by atoms with van der Waals surface area (Å²) in [7, 11) is 0. The van der Waals surface area contributed by atoms with Gasteiger partial charge in [0.25, 0.3) is 0 Å². The zero-order valence-corrected chi connectivity index (χ0v) is 11.4. The van der Waals surface area contributed by atoms with Crippen molar-refractivity contribution in [2.45, 2.75) is 32.1 Å². The molecule has 5 heteroatoms. The normalized spacial score (nSPS) is 19.3. The quantitative estimate of drug-likeness (QED) is 0.835. The van der Waals surface area contributed by atoms with Crippen LogP contribution in [0.5, 0.6) is 0 Å². The third-order valence-corrected chi connectivity index (χ3v) is 3.95. The van der Waals surface area contributed by atoms with Gasteiger partial charge in [0.05, 0.1) is 12.2 Å². The van der Waals surface area contributed by atoms with Gasteiger partial charge in [-0.15, -0.1) is 0 Å². The molecule has 96 valence electrons. The summed E-state index contributed by atoms with van der Waals surface area (Å²) in [4.78, 5) is 29.0. The maximum atomic E-state index is 11.9. The molecule has 0 radical (unpaired) electrons. The van der Waals surface area contributed by atoms with Gasteiger partial charge in [-0.1, -0.05) is 17.8 Å². The molecule has 0 spiro atoms. The first-order valence-electron chi connectivity index (χ1n) is 5.91. The molecule has 2 rings (SSSR count). The highest BCUT2D eigenvalue weighted by molar-refractivity contribution is 8.14. The van der Waals surface area contributed by atoms with Crippen LogP contribution in [0.2, 0.25) is 0 Å². The van der Waals surface area contributed by atoms with Crippen LogP contribution in [-0.2, 0) is 16.1 Å². The molecule has 1 aliphatic heterocycles. The lowest BCUT2D eigenvalue weighted by molar-refractivity contribution is -0.128. The van der Waals surface area contributed by atoms with Crippen molar-refractivity contribution in [1.82, 2.24) is 9.88 Å². The van der Waals surface area contributed by atoms with Crippen LogP contribution in [0, 0.1) is 6.92 Å². The summed E-state index contributed by atoms with van der Waals surface area (Å²) < 4.78 is 0. The number of hydrogen-bond donors (Lipinski definition) is 0. The molecule has 1 saturated heterocycles. The third kappa shape index (κ3) is 3.10. The Morgan fingerprint density at radius 2 is 2.39 bits per heavy atom. The van der Waals surface area contributed by atoms with Crippen molar-refractivity contribution in [1.29, 1.82) is 0 Å². The van der Waals surface area contributed by atoms with E-state index in [-0.39, 0.29) is 16.3 Å². The van der Waals surface area contributed by atoms with E-state index in [0.717, 1.165) is 11.3 Å². The van der Waals surface area contributed by atoms with E-state index < -0.39 is 0 Å². The molecule has 4 nitrogen and oxygen atoms in total. The smallest absolute Gasteiger partial charge is 0.224 e. The summed E-state index contributed by atoms with van der Waals surface area (Å²) in [6.45, 7) is 4.71. The molecular weight excluding hydrogens is 248 g/mol. The highest BCUT2D eigenvalue weighted by atomic mass is 32.2. The van der Waals surface area contributed by atoms with Crippen LogP contribution in [0.3, 0.4) is 0 Å². The van der Waals surface area contributed by atoms with Crippen molar-refractivity contribution >= 4 is 22.8 Å². The highest BCUT2D eigenvalue weighted by Gasteiger charge is 2.31. The predicted molar refractivity (Wildman–Crippen MR) is 71.1 cm³/mol. The van der Waals surface area contributed by atoms with Crippen LogP contribution in [0.1, 0.15) is 24.6 Å². The first-order chi connectivity index (χ1) is 8.56. The summed E-state index contributed by atoms with van der Waals surface area (Å²) in [5.41, 5.74) is 2.02. The summed E-state index contributed by atoms with van der Waals surface area (Å²) in [5.74, 6) is 0.110. The average Bonchev–Trinajstić information content (AvgIpc) is 2.61. The van der Waals surface area contributed by atoms with Crippen LogP contribution < -0.4 is 0 Å². The molecule has 1 aromatic rings. The fraction of sp³-hybridized carbons (Fsp3) is 0.462. The maximum absolute atomic E-state index is 11.9. The number of aryl methyl sites for hydroxylation is 1. The summed E-state index contributed by atoms with van der Waals surface area (Å²) in [5, 5.41) is 0.169. The van der Waals surface area contributed by atoms with E-state index in [1.165, 1.54) is 11.8 Å². The molecule has 0 saturated carbocycles. The second-order valence-electron chi connectivity index (χ2n) is 4.48. The van der Waals surface area contributed by atoms with E-state index in [0.29, 0.717) is 19.5 Å². The number of carbonyl (C=O) groups is 2. The summed E-state index contributed by atoms with van der Waals surface area (Å²) in [6, 6.07) is 3.88. The standard InChI is InChI=1S/C13H16N2O2S/c1-9-4-3-5-14-12(9)8-15-7-11(6-13(15)17)18-10(2)16/h3-5,11H,6-8H2,1-2H3. The zero-order valence-electron chi connectivity index (χ0n) is 10.5. The van der Waals surface area contributed by atoms with Gasteiger partial charge in [0.2, 0.25) is 5.91 Å². The Balaban J connectivity index is 2.01. The number of amides is 1. The number of thioether (sulfide) groups is 1. The minimum absolute atomic E-state index is 0.0728. The summed E-state index contributed by atoms with van der Waals surface area (Å²) in [6.07, 6.45) is 2.20. The fourth-order valence-corrected chi connectivity index (χ4v) is 3.02. The monoisotopic (exact) mass is 264 g/mol. The van der Waals surface area contributed by atoms with Crippen molar-refractivity contribution in [2.75, 3.05) is 6.54 Å². The Kier molecular flexibility index (Phi) is 4.01. The molecule has 0 N–H and O–H groups in total. The average molecular weight is 264 g/mol. The van der Waals surface area contributed by atoms with Gasteiger partial charge in [0.1, 0.15) is 0 Å². The van der Waals surface area contributed by atoms with Gasteiger partial charge < -0.3 is 4.90 Å². The Labute approximate surface area is 111 Å². The number of rotatable bonds is 3. The maximum Gasteiger partial charge on any atom is 0.224 e. The Morgan fingerprint density at radius 3 is 3.06 bits per heavy atom. The predicted octanol–water partition coefficient (Wildman–Crippen LogP) is 1.77. The van der Waals surface area contributed by atoms with Crippen LogP contribution in [-0.4, -0.2) is 32.7 Å². The van der Waals surface area contributed by atoms with Crippen molar-refractivity contribution in [2.24, 2.45) is 0 Å². The van der Waals surface area contributed by atoms with Gasteiger partial charge in [-0.05, 0) is 18.6 Å². The fourth-order valence-electron chi connectivity index (χ4n) is 2.07. The van der Waals surface area contributed by atoms with E-state index >= 15 is 0 Å². The number of pyridine rings is 1. The van der Waals surface area contributed by atoms with Crippen LogP contribution in [0.4, 0.5) is 0 Å². The Hall–Kier alpha value is -1.36. The number of aromatic nitrogens is 1. The van der Waals surface area contributed by atoms with Gasteiger partial charge in [-0.2, -0.15) is 0 Å². The van der Waals surface area contributed by atoms with E-state index in [1.807, 2.05) is 19.1 Å². The molecule has 0 aromatic carbocycles. The van der Waals surface area contributed by atoms with Gasteiger partial charge in [-0.25, -0.2) is 0 Å². The van der Waals surface area contributed by atoms with Crippen molar-refractivity contribution in [3.63, 3.8) is 0 Å². The number of likely N-dealkylation sites (tertiary alicyclic amines) is 1.